The van der Waals surface area contributed by atoms with E-state index in [1.54, 1.807) is 0 Å². The Morgan fingerprint density at radius 2 is 1.78 bits per heavy atom. The summed E-state index contributed by atoms with van der Waals surface area (Å²) in [6.07, 6.45) is 2.51. The summed E-state index contributed by atoms with van der Waals surface area (Å²) in [5, 5.41) is 6.84. The Labute approximate surface area is 110 Å². The molecule has 0 unspecified atom stereocenters. The van der Waals surface area contributed by atoms with Crippen LogP contribution >= 0.6 is 0 Å². The van der Waals surface area contributed by atoms with E-state index in [2.05, 4.69) is 50.2 Å². The Balaban J connectivity index is 2.39. The summed E-state index contributed by atoms with van der Waals surface area (Å²) in [7, 11) is 0. The average Bonchev–Trinajstić information content (AvgIpc) is 3.06. The third kappa shape index (κ3) is 2.92. The van der Waals surface area contributed by atoms with Crippen LogP contribution in [0, 0.1) is 6.92 Å². The smallest absolute Gasteiger partial charge is 0.138 e. The van der Waals surface area contributed by atoms with Gasteiger partial charge in [0.25, 0.3) is 0 Å². The SMILES string of the molecule is CCNc1nc(C(C)(C)C)nc(NC2CC2)c1C. The topological polar surface area (TPSA) is 49.8 Å². The molecule has 0 bridgehead atoms. The Hall–Kier alpha value is -1.32. The summed E-state index contributed by atoms with van der Waals surface area (Å²) >= 11 is 0. The van der Waals surface area contributed by atoms with E-state index in [0.717, 1.165) is 29.6 Å². The summed E-state index contributed by atoms with van der Waals surface area (Å²) in [6.45, 7) is 11.5. The fourth-order valence-electron chi connectivity index (χ4n) is 1.75. The highest BCUT2D eigenvalue weighted by molar-refractivity contribution is 5.58. The molecule has 1 fully saturated rings. The number of nitrogens with one attached hydrogen (secondary N) is 2. The molecule has 1 heterocycles. The number of hydrogen-bond donors (Lipinski definition) is 2. The van der Waals surface area contributed by atoms with Crippen molar-refractivity contribution in [2.24, 2.45) is 0 Å². The van der Waals surface area contributed by atoms with Gasteiger partial charge in [-0.25, -0.2) is 9.97 Å². The molecule has 4 nitrogen and oxygen atoms in total. The molecule has 0 amide bonds. The minimum absolute atomic E-state index is 0.0299. The number of nitrogens with zero attached hydrogens (tertiary/aromatic N) is 2. The number of rotatable bonds is 4. The minimum atomic E-state index is -0.0299. The van der Waals surface area contributed by atoms with Crippen LogP contribution in [0.5, 0.6) is 0 Å². The van der Waals surface area contributed by atoms with Crippen molar-refractivity contribution >= 4 is 11.6 Å². The van der Waals surface area contributed by atoms with Crippen molar-refractivity contribution in [3.05, 3.63) is 11.4 Å². The molecular weight excluding hydrogens is 224 g/mol. The van der Waals surface area contributed by atoms with Crippen LogP contribution in [-0.4, -0.2) is 22.6 Å². The van der Waals surface area contributed by atoms with Gasteiger partial charge in [-0.3, -0.25) is 0 Å². The first kappa shape index (κ1) is 13.1. The molecule has 0 aliphatic heterocycles. The maximum absolute atomic E-state index is 4.70. The largest absolute Gasteiger partial charge is 0.370 e. The van der Waals surface area contributed by atoms with Crippen molar-refractivity contribution in [3.63, 3.8) is 0 Å². The molecule has 18 heavy (non-hydrogen) atoms. The Morgan fingerprint density at radius 3 is 2.28 bits per heavy atom. The lowest BCUT2D eigenvalue weighted by Crippen LogP contribution is -2.20. The zero-order chi connectivity index (χ0) is 13.3. The molecule has 1 aliphatic carbocycles. The molecule has 1 aromatic heterocycles. The lowest BCUT2D eigenvalue weighted by atomic mass is 9.95. The van der Waals surface area contributed by atoms with Crippen LogP contribution in [0.1, 0.15) is 51.9 Å². The molecule has 0 saturated heterocycles. The van der Waals surface area contributed by atoms with Crippen molar-refractivity contribution in [1.29, 1.82) is 0 Å². The van der Waals surface area contributed by atoms with Crippen molar-refractivity contribution in [2.45, 2.75) is 58.9 Å². The molecule has 2 N–H and O–H groups in total. The van der Waals surface area contributed by atoms with E-state index in [1.165, 1.54) is 12.8 Å². The second-order valence-corrected chi connectivity index (χ2v) is 6.07. The fraction of sp³-hybridized carbons (Fsp3) is 0.714. The summed E-state index contributed by atoms with van der Waals surface area (Å²) < 4.78 is 0. The highest BCUT2D eigenvalue weighted by atomic mass is 15.1. The van der Waals surface area contributed by atoms with E-state index in [0.29, 0.717) is 6.04 Å². The van der Waals surface area contributed by atoms with Crippen molar-refractivity contribution in [2.75, 3.05) is 17.2 Å². The first-order valence-corrected chi connectivity index (χ1v) is 6.81. The van der Waals surface area contributed by atoms with E-state index in [9.17, 15) is 0 Å². The van der Waals surface area contributed by atoms with Crippen molar-refractivity contribution in [3.8, 4) is 0 Å². The summed E-state index contributed by atoms with van der Waals surface area (Å²) in [5.41, 5.74) is 1.09. The molecule has 1 aliphatic rings. The predicted octanol–water partition coefficient (Wildman–Crippen LogP) is 3.09. The van der Waals surface area contributed by atoms with Gasteiger partial charge in [-0.05, 0) is 26.7 Å². The van der Waals surface area contributed by atoms with E-state index < -0.39 is 0 Å². The molecule has 1 aromatic rings. The third-order valence-corrected chi connectivity index (χ3v) is 3.08. The first-order valence-electron chi connectivity index (χ1n) is 6.81. The summed E-state index contributed by atoms with van der Waals surface area (Å²) in [4.78, 5) is 9.36. The zero-order valence-corrected chi connectivity index (χ0v) is 12.1. The van der Waals surface area contributed by atoms with E-state index in [1.807, 2.05) is 0 Å². The molecule has 2 rings (SSSR count). The molecule has 0 aromatic carbocycles. The van der Waals surface area contributed by atoms with Crippen LogP contribution in [0.3, 0.4) is 0 Å². The lowest BCUT2D eigenvalue weighted by Gasteiger charge is -2.21. The van der Waals surface area contributed by atoms with Gasteiger partial charge in [-0.1, -0.05) is 20.8 Å². The second kappa shape index (κ2) is 4.75. The van der Waals surface area contributed by atoms with Gasteiger partial charge in [0.05, 0.1) is 0 Å². The van der Waals surface area contributed by atoms with Gasteiger partial charge in [0, 0.05) is 23.6 Å². The lowest BCUT2D eigenvalue weighted by molar-refractivity contribution is 0.546. The van der Waals surface area contributed by atoms with Gasteiger partial charge in [-0.15, -0.1) is 0 Å². The summed E-state index contributed by atoms with van der Waals surface area (Å²) in [5.74, 6) is 2.85. The average molecular weight is 248 g/mol. The van der Waals surface area contributed by atoms with Crippen LogP contribution in [0.4, 0.5) is 11.6 Å². The van der Waals surface area contributed by atoms with Crippen LogP contribution in [0.25, 0.3) is 0 Å². The van der Waals surface area contributed by atoms with Gasteiger partial charge >= 0.3 is 0 Å². The molecule has 0 radical (unpaired) electrons. The maximum Gasteiger partial charge on any atom is 0.138 e. The Bertz CT molecular complexity index is 430. The Kier molecular flexibility index (Phi) is 3.46. The normalized spacial score (nSPS) is 15.6. The van der Waals surface area contributed by atoms with Crippen molar-refractivity contribution in [1.82, 2.24) is 9.97 Å². The Morgan fingerprint density at radius 1 is 1.17 bits per heavy atom. The second-order valence-electron chi connectivity index (χ2n) is 6.07. The van der Waals surface area contributed by atoms with Crippen LogP contribution in [0.2, 0.25) is 0 Å². The van der Waals surface area contributed by atoms with Crippen LogP contribution in [0.15, 0.2) is 0 Å². The number of anilines is 2. The van der Waals surface area contributed by atoms with Crippen LogP contribution < -0.4 is 10.6 Å². The van der Waals surface area contributed by atoms with Gasteiger partial charge < -0.3 is 10.6 Å². The standard InChI is InChI=1S/C14H24N4/c1-6-15-11-9(2)12(16-10-7-8-10)18-13(17-11)14(3,4)5/h10H,6-8H2,1-5H3,(H2,15,16,17,18). The molecular formula is C14H24N4. The molecule has 100 valence electrons. The van der Waals surface area contributed by atoms with Gasteiger partial charge in [0.2, 0.25) is 0 Å². The third-order valence-electron chi connectivity index (χ3n) is 3.08. The first-order chi connectivity index (χ1) is 8.41. The number of aromatic nitrogens is 2. The predicted molar refractivity (Wildman–Crippen MR) is 76.3 cm³/mol. The molecule has 0 atom stereocenters. The molecule has 0 spiro atoms. The van der Waals surface area contributed by atoms with E-state index >= 15 is 0 Å². The molecule has 4 heteroatoms. The fourth-order valence-corrected chi connectivity index (χ4v) is 1.75. The maximum atomic E-state index is 4.70. The zero-order valence-electron chi connectivity index (χ0n) is 12.1. The quantitative estimate of drug-likeness (QED) is 0.859. The van der Waals surface area contributed by atoms with Gasteiger partial charge in [0.15, 0.2) is 0 Å². The highest BCUT2D eigenvalue weighted by Crippen LogP contribution is 2.30. The van der Waals surface area contributed by atoms with Gasteiger partial charge in [-0.2, -0.15) is 0 Å². The minimum Gasteiger partial charge on any atom is -0.370 e. The molecule has 1 saturated carbocycles. The highest BCUT2D eigenvalue weighted by Gasteiger charge is 2.25. The monoisotopic (exact) mass is 248 g/mol. The van der Waals surface area contributed by atoms with Gasteiger partial charge in [0.1, 0.15) is 17.5 Å². The summed E-state index contributed by atoms with van der Waals surface area (Å²) in [6, 6.07) is 0.612. The van der Waals surface area contributed by atoms with Crippen molar-refractivity contribution < 1.29 is 0 Å². The van der Waals surface area contributed by atoms with E-state index in [-0.39, 0.29) is 5.41 Å². The van der Waals surface area contributed by atoms with E-state index in [4.69, 9.17) is 4.98 Å². The van der Waals surface area contributed by atoms with Crippen LogP contribution in [-0.2, 0) is 5.41 Å². The number of hydrogen-bond acceptors (Lipinski definition) is 4.